The van der Waals surface area contributed by atoms with Crippen molar-refractivity contribution in [3.63, 3.8) is 0 Å². The number of nitrogens with zero attached hydrogens (tertiary/aromatic N) is 5. The van der Waals surface area contributed by atoms with Gasteiger partial charge in [-0.3, -0.25) is 10.1 Å². The van der Waals surface area contributed by atoms with Crippen LogP contribution in [0.2, 0.25) is 0 Å². The van der Waals surface area contributed by atoms with Crippen LogP contribution in [0.5, 0.6) is 0 Å². The minimum atomic E-state index is -1.15. The Balaban J connectivity index is 1.93. The van der Waals surface area contributed by atoms with Gasteiger partial charge in [0, 0.05) is 25.2 Å². The number of benzene rings is 1. The van der Waals surface area contributed by atoms with Crippen LogP contribution in [0.1, 0.15) is 42.6 Å². The van der Waals surface area contributed by atoms with E-state index in [0.29, 0.717) is 11.5 Å². The van der Waals surface area contributed by atoms with E-state index in [0.717, 1.165) is 25.7 Å². The molecule has 1 aliphatic carbocycles. The fourth-order valence-electron chi connectivity index (χ4n) is 3.14. The molecular weight excluding hydrogens is 326 g/mol. The van der Waals surface area contributed by atoms with Crippen molar-refractivity contribution < 1.29 is 14.8 Å². The molecule has 132 valence electrons. The van der Waals surface area contributed by atoms with Crippen molar-refractivity contribution in [3.8, 4) is 5.69 Å². The average Bonchev–Trinajstić information content (AvgIpc) is 3.07. The van der Waals surface area contributed by atoms with Crippen molar-refractivity contribution in [1.82, 2.24) is 15.0 Å². The van der Waals surface area contributed by atoms with E-state index >= 15 is 0 Å². The lowest BCUT2D eigenvalue weighted by Crippen LogP contribution is -2.34. The number of aromatic nitrogens is 3. The van der Waals surface area contributed by atoms with E-state index in [1.165, 1.54) is 35.5 Å². The summed E-state index contributed by atoms with van der Waals surface area (Å²) in [7, 11) is 1.84. The highest BCUT2D eigenvalue weighted by molar-refractivity contribution is 5.91. The molecule has 1 fully saturated rings. The number of carboxylic acids is 1. The van der Waals surface area contributed by atoms with Gasteiger partial charge in [0.25, 0.3) is 5.69 Å². The summed E-state index contributed by atoms with van der Waals surface area (Å²) in [5.41, 5.74) is 0.303. The fraction of sp³-hybridized carbons (Fsp3) is 0.438. The average molecular weight is 345 g/mol. The summed E-state index contributed by atoms with van der Waals surface area (Å²) in [6.07, 6.45) is 5.44. The summed E-state index contributed by atoms with van der Waals surface area (Å²) in [4.78, 5) is 24.9. The van der Waals surface area contributed by atoms with Crippen molar-refractivity contribution >= 4 is 17.5 Å². The first-order valence-corrected chi connectivity index (χ1v) is 8.15. The molecule has 25 heavy (non-hydrogen) atoms. The Labute approximate surface area is 144 Å². The largest absolute Gasteiger partial charge is 0.476 e. The summed E-state index contributed by atoms with van der Waals surface area (Å²) >= 11 is 0. The van der Waals surface area contributed by atoms with Crippen LogP contribution in [0.3, 0.4) is 0 Å². The minimum Gasteiger partial charge on any atom is -0.476 e. The van der Waals surface area contributed by atoms with Gasteiger partial charge >= 0.3 is 5.97 Å². The lowest BCUT2D eigenvalue weighted by Gasteiger charge is -2.31. The van der Waals surface area contributed by atoms with Crippen molar-refractivity contribution in [2.75, 3.05) is 11.9 Å². The molecule has 0 atom stereocenters. The van der Waals surface area contributed by atoms with Crippen LogP contribution in [-0.4, -0.2) is 44.1 Å². The molecule has 1 N–H and O–H groups in total. The van der Waals surface area contributed by atoms with Crippen LogP contribution in [0.4, 0.5) is 11.5 Å². The van der Waals surface area contributed by atoms with E-state index in [9.17, 15) is 20.0 Å². The molecule has 0 bridgehead atoms. The van der Waals surface area contributed by atoms with Gasteiger partial charge in [-0.2, -0.15) is 0 Å². The molecule has 1 heterocycles. The summed E-state index contributed by atoms with van der Waals surface area (Å²) in [5.74, 6) is -0.830. The molecule has 9 nitrogen and oxygen atoms in total. The molecule has 9 heteroatoms. The molecule has 1 aromatic carbocycles. The van der Waals surface area contributed by atoms with Gasteiger partial charge in [-0.05, 0) is 25.0 Å². The highest BCUT2D eigenvalue weighted by atomic mass is 16.6. The van der Waals surface area contributed by atoms with Crippen LogP contribution in [-0.2, 0) is 0 Å². The number of carboxylic acid groups (broad SMARTS) is 1. The van der Waals surface area contributed by atoms with Crippen LogP contribution >= 0.6 is 0 Å². The third-order valence-corrected chi connectivity index (χ3v) is 4.55. The van der Waals surface area contributed by atoms with E-state index in [1.54, 1.807) is 0 Å². The Morgan fingerprint density at radius 1 is 1.24 bits per heavy atom. The van der Waals surface area contributed by atoms with Gasteiger partial charge in [0.2, 0.25) is 5.69 Å². The maximum atomic E-state index is 11.6. The first kappa shape index (κ1) is 16.9. The molecule has 1 saturated carbocycles. The molecule has 0 saturated heterocycles. The number of carbonyl (C=O) groups is 1. The molecule has 1 aliphatic rings. The molecule has 0 aliphatic heterocycles. The summed E-state index contributed by atoms with van der Waals surface area (Å²) in [5, 5.41) is 28.6. The van der Waals surface area contributed by atoms with E-state index < -0.39 is 10.9 Å². The van der Waals surface area contributed by atoms with Gasteiger partial charge in [-0.15, -0.1) is 15.0 Å². The smallest absolute Gasteiger partial charge is 0.360 e. The molecular formula is C16H19N5O4. The third kappa shape index (κ3) is 3.44. The zero-order valence-electron chi connectivity index (χ0n) is 13.8. The molecule has 0 amide bonds. The predicted octanol–water partition coefficient (Wildman–Crippen LogP) is 2.64. The van der Waals surface area contributed by atoms with Gasteiger partial charge in [-0.1, -0.05) is 19.3 Å². The second-order valence-electron chi connectivity index (χ2n) is 6.14. The monoisotopic (exact) mass is 345 g/mol. The second kappa shape index (κ2) is 6.88. The van der Waals surface area contributed by atoms with E-state index in [-0.39, 0.29) is 17.4 Å². The molecule has 0 radical (unpaired) electrons. The van der Waals surface area contributed by atoms with Gasteiger partial charge < -0.3 is 10.0 Å². The van der Waals surface area contributed by atoms with Gasteiger partial charge in [0.05, 0.1) is 10.6 Å². The van der Waals surface area contributed by atoms with Crippen molar-refractivity contribution in [1.29, 1.82) is 0 Å². The third-order valence-electron chi connectivity index (χ3n) is 4.55. The first-order chi connectivity index (χ1) is 12.0. The molecule has 0 unspecified atom stereocenters. The second-order valence-corrected chi connectivity index (χ2v) is 6.14. The van der Waals surface area contributed by atoms with E-state index in [1.807, 2.05) is 11.9 Å². The van der Waals surface area contributed by atoms with Crippen molar-refractivity contribution in [2.24, 2.45) is 0 Å². The number of aromatic carboxylic acids is 1. The van der Waals surface area contributed by atoms with Crippen LogP contribution in [0, 0.1) is 10.1 Å². The topological polar surface area (TPSA) is 114 Å². The van der Waals surface area contributed by atoms with E-state index in [2.05, 4.69) is 10.2 Å². The number of non-ortho nitro benzene ring substituents is 1. The van der Waals surface area contributed by atoms with Crippen LogP contribution in [0.15, 0.2) is 24.3 Å². The Kier molecular flexibility index (Phi) is 4.64. The minimum absolute atomic E-state index is 0.0473. The maximum Gasteiger partial charge on any atom is 0.360 e. The predicted molar refractivity (Wildman–Crippen MR) is 90.2 cm³/mol. The number of rotatable bonds is 5. The van der Waals surface area contributed by atoms with Crippen molar-refractivity contribution in [3.05, 3.63) is 40.1 Å². The zero-order chi connectivity index (χ0) is 18.0. The SMILES string of the molecule is CN(c1nn(-c2ccc([N+](=O)[O-])cc2)nc1C(=O)O)C1CCCCC1. The standard InChI is InChI=1S/C16H19N5O4/c1-19(11-5-3-2-4-6-11)15-14(16(22)23)17-20(18-15)12-7-9-13(10-8-12)21(24)25/h7-11H,2-6H2,1H3,(H,22,23). The van der Waals surface area contributed by atoms with Crippen LogP contribution in [0.25, 0.3) is 5.69 Å². The molecule has 1 aromatic heterocycles. The normalized spacial score (nSPS) is 15.1. The van der Waals surface area contributed by atoms with E-state index in [4.69, 9.17) is 0 Å². The van der Waals surface area contributed by atoms with Gasteiger partial charge in [-0.25, -0.2) is 4.79 Å². The summed E-state index contributed by atoms with van der Waals surface area (Å²) < 4.78 is 0. The molecule has 3 rings (SSSR count). The van der Waals surface area contributed by atoms with Crippen molar-refractivity contribution in [2.45, 2.75) is 38.1 Å². The molecule has 2 aromatic rings. The zero-order valence-corrected chi connectivity index (χ0v) is 13.8. The summed E-state index contributed by atoms with van der Waals surface area (Å²) in [6, 6.07) is 5.91. The van der Waals surface area contributed by atoms with Gasteiger partial charge in [0.15, 0.2) is 5.82 Å². The quantitative estimate of drug-likeness (QED) is 0.654. The Hall–Kier alpha value is -2.97. The number of nitro groups is 1. The Bertz CT molecular complexity index is 780. The highest BCUT2D eigenvalue weighted by Crippen LogP contribution is 2.27. The number of nitro benzene ring substituents is 1. The first-order valence-electron chi connectivity index (χ1n) is 8.15. The lowest BCUT2D eigenvalue weighted by atomic mass is 9.94. The molecule has 0 spiro atoms. The lowest BCUT2D eigenvalue weighted by molar-refractivity contribution is -0.384. The maximum absolute atomic E-state index is 11.6. The number of hydrogen-bond acceptors (Lipinski definition) is 6. The number of anilines is 1. The Morgan fingerprint density at radius 2 is 1.88 bits per heavy atom. The summed E-state index contributed by atoms with van der Waals surface area (Å²) in [6.45, 7) is 0. The van der Waals surface area contributed by atoms with Gasteiger partial charge in [0.1, 0.15) is 0 Å². The Morgan fingerprint density at radius 3 is 2.44 bits per heavy atom. The number of hydrogen-bond donors (Lipinski definition) is 1. The fourth-order valence-corrected chi connectivity index (χ4v) is 3.14. The highest BCUT2D eigenvalue weighted by Gasteiger charge is 2.27. The van der Waals surface area contributed by atoms with Crippen LogP contribution < -0.4 is 4.90 Å².